The quantitative estimate of drug-likeness (QED) is 0.515. The SMILES string of the molecule is CC(C)N1C2CCC1C2. The summed E-state index contributed by atoms with van der Waals surface area (Å²) in [5, 5.41) is 0. The lowest BCUT2D eigenvalue weighted by atomic mass is 10.0. The summed E-state index contributed by atoms with van der Waals surface area (Å²) in [6.45, 7) is 4.62. The van der Waals surface area contributed by atoms with Gasteiger partial charge in [0.2, 0.25) is 0 Å². The third-order valence-corrected chi connectivity index (χ3v) is 2.82. The Morgan fingerprint density at radius 2 is 1.78 bits per heavy atom. The zero-order valence-electron chi connectivity index (χ0n) is 6.30. The topological polar surface area (TPSA) is 3.24 Å². The van der Waals surface area contributed by atoms with Crippen molar-refractivity contribution in [3.63, 3.8) is 0 Å². The van der Waals surface area contributed by atoms with Crippen LogP contribution in [0.5, 0.6) is 0 Å². The summed E-state index contributed by atoms with van der Waals surface area (Å²) in [6.07, 6.45) is 4.45. The molecular formula is C8H15N. The lowest BCUT2D eigenvalue weighted by Crippen LogP contribution is -2.51. The summed E-state index contributed by atoms with van der Waals surface area (Å²) in [7, 11) is 0. The second-order valence-corrected chi connectivity index (χ2v) is 3.66. The molecule has 0 aromatic carbocycles. The van der Waals surface area contributed by atoms with Crippen LogP contribution in [0.25, 0.3) is 0 Å². The Hall–Kier alpha value is -0.0400. The predicted molar refractivity (Wildman–Crippen MR) is 38.4 cm³/mol. The Kier molecular flexibility index (Phi) is 1.10. The summed E-state index contributed by atoms with van der Waals surface area (Å²) >= 11 is 0. The van der Waals surface area contributed by atoms with Gasteiger partial charge in [-0.25, -0.2) is 0 Å². The van der Waals surface area contributed by atoms with E-state index in [1.54, 1.807) is 0 Å². The van der Waals surface area contributed by atoms with E-state index in [0.29, 0.717) is 0 Å². The van der Waals surface area contributed by atoms with Crippen LogP contribution in [0.1, 0.15) is 33.1 Å². The normalized spacial score (nSPS) is 41.7. The Balaban J connectivity index is 2.02. The Morgan fingerprint density at radius 1 is 1.22 bits per heavy atom. The maximum atomic E-state index is 2.67. The van der Waals surface area contributed by atoms with Crippen molar-refractivity contribution >= 4 is 0 Å². The molecule has 0 radical (unpaired) electrons. The van der Waals surface area contributed by atoms with E-state index in [4.69, 9.17) is 0 Å². The fourth-order valence-corrected chi connectivity index (χ4v) is 2.48. The van der Waals surface area contributed by atoms with E-state index in [1.807, 2.05) is 0 Å². The minimum atomic E-state index is 0.802. The van der Waals surface area contributed by atoms with Gasteiger partial charge in [-0.15, -0.1) is 0 Å². The van der Waals surface area contributed by atoms with E-state index in [-0.39, 0.29) is 0 Å². The van der Waals surface area contributed by atoms with Gasteiger partial charge in [0.1, 0.15) is 0 Å². The average molecular weight is 125 g/mol. The summed E-state index contributed by atoms with van der Waals surface area (Å²) in [4.78, 5) is 2.67. The van der Waals surface area contributed by atoms with E-state index in [2.05, 4.69) is 18.7 Å². The monoisotopic (exact) mass is 125 g/mol. The van der Waals surface area contributed by atoms with Gasteiger partial charge in [-0.2, -0.15) is 0 Å². The van der Waals surface area contributed by atoms with Crippen LogP contribution < -0.4 is 0 Å². The van der Waals surface area contributed by atoms with Crippen LogP contribution >= 0.6 is 0 Å². The fraction of sp³-hybridized carbons (Fsp3) is 1.00. The molecular weight excluding hydrogens is 110 g/mol. The molecule has 2 atom stereocenters. The van der Waals surface area contributed by atoms with Crippen LogP contribution in [-0.2, 0) is 0 Å². The minimum Gasteiger partial charge on any atom is -0.295 e. The molecule has 2 heterocycles. The number of hydrogen-bond acceptors (Lipinski definition) is 1. The summed E-state index contributed by atoms with van der Waals surface area (Å²) in [5.74, 6) is 0. The van der Waals surface area contributed by atoms with Crippen LogP contribution in [0.3, 0.4) is 0 Å². The van der Waals surface area contributed by atoms with Gasteiger partial charge in [0.05, 0.1) is 0 Å². The molecule has 0 spiro atoms. The van der Waals surface area contributed by atoms with E-state index >= 15 is 0 Å². The average Bonchev–Trinajstić information content (AvgIpc) is 2.13. The minimum absolute atomic E-state index is 0.802. The third-order valence-electron chi connectivity index (χ3n) is 2.82. The molecule has 1 heteroatoms. The molecule has 0 aromatic heterocycles. The van der Waals surface area contributed by atoms with E-state index in [1.165, 1.54) is 19.3 Å². The lowest BCUT2D eigenvalue weighted by molar-refractivity contribution is 0.0450. The van der Waals surface area contributed by atoms with Crippen molar-refractivity contribution in [1.29, 1.82) is 0 Å². The number of rotatable bonds is 1. The lowest BCUT2D eigenvalue weighted by Gasteiger charge is -2.43. The summed E-state index contributed by atoms with van der Waals surface area (Å²) < 4.78 is 0. The molecule has 0 N–H and O–H groups in total. The van der Waals surface area contributed by atoms with Gasteiger partial charge in [0, 0.05) is 18.1 Å². The highest BCUT2D eigenvalue weighted by atomic mass is 15.3. The second-order valence-electron chi connectivity index (χ2n) is 3.66. The van der Waals surface area contributed by atoms with Gasteiger partial charge in [-0.3, -0.25) is 4.90 Å². The highest BCUT2D eigenvalue weighted by Gasteiger charge is 2.45. The molecule has 3 fully saturated rings. The Bertz CT molecular complexity index is 106. The smallest absolute Gasteiger partial charge is 0.0116 e. The van der Waals surface area contributed by atoms with Crippen molar-refractivity contribution in [3.8, 4) is 0 Å². The third kappa shape index (κ3) is 0.644. The van der Waals surface area contributed by atoms with E-state index in [0.717, 1.165) is 18.1 Å². The van der Waals surface area contributed by atoms with Gasteiger partial charge in [0.15, 0.2) is 0 Å². The van der Waals surface area contributed by atoms with Crippen molar-refractivity contribution in [3.05, 3.63) is 0 Å². The summed E-state index contributed by atoms with van der Waals surface area (Å²) in [6, 6.07) is 2.77. The molecule has 0 aromatic rings. The Morgan fingerprint density at radius 3 is 2.00 bits per heavy atom. The maximum Gasteiger partial charge on any atom is 0.0116 e. The molecule has 1 nitrogen and oxygen atoms in total. The van der Waals surface area contributed by atoms with Crippen molar-refractivity contribution in [1.82, 2.24) is 4.90 Å². The van der Waals surface area contributed by atoms with Gasteiger partial charge < -0.3 is 0 Å². The molecule has 3 aliphatic rings. The fourth-order valence-electron chi connectivity index (χ4n) is 2.48. The number of nitrogens with zero attached hydrogens (tertiary/aromatic N) is 1. The first-order chi connectivity index (χ1) is 4.29. The molecule has 3 rings (SSSR count). The molecule has 2 bridgehead atoms. The van der Waals surface area contributed by atoms with Crippen molar-refractivity contribution < 1.29 is 0 Å². The number of hydrogen-bond donors (Lipinski definition) is 0. The highest BCUT2D eigenvalue weighted by Crippen LogP contribution is 2.41. The van der Waals surface area contributed by atoms with Gasteiger partial charge in [0.25, 0.3) is 0 Å². The van der Waals surface area contributed by atoms with Gasteiger partial charge in [-0.05, 0) is 33.1 Å². The van der Waals surface area contributed by atoms with Gasteiger partial charge in [-0.1, -0.05) is 0 Å². The Labute approximate surface area is 57.0 Å². The molecule has 52 valence electrons. The van der Waals surface area contributed by atoms with Crippen LogP contribution in [0.2, 0.25) is 0 Å². The van der Waals surface area contributed by atoms with Crippen molar-refractivity contribution in [2.75, 3.05) is 0 Å². The molecule has 9 heavy (non-hydrogen) atoms. The van der Waals surface area contributed by atoms with E-state index in [9.17, 15) is 0 Å². The zero-order valence-corrected chi connectivity index (χ0v) is 6.30. The van der Waals surface area contributed by atoms with Crippen LogP contribution in [0, 0.1) is 0 Å². The largest absolute Gasteiger partial charge is 0.295 e. The molecule has 0 amide bonds. The highest BCUT2D eigenvalue weighted by molar-refractivity contribution is 5.01. The molecule has 2 saturated heterocycles. The van der Waals surface area contributed by atoms with Gasteiger partial charge >= 0.3 is 0 Å². The second kappa shape index (κ2) is 1.72. The van der Waals surface area contributed by atoms with E-state index < -0.39 is 0 Å². The number of fused-ring (bicyclic) bond motifs is 1. The van der Waals surface area contributed by atoms with Crippen molar-refractivity contribution in [2.24, 2.45) is 0 Å². The van der Waals surface area contributed by atoms with Crippen LogP contribution in [0.15, 0.2) is 0 Å². The molecule has 1 aliphatic carbocycles. The first kappa shape index (κ1) is 5.72. The summed E-state index contributed by atoms with van der Waals surface area (Å²) in [5.41, 5.74) is 0. The molecule has 1 saturated carbocycles. The standard InChI is InChI=1S/C8H15N/c1-6(2)9-7-3-4-8(9)5-7/h6-8H,3-5H2,1-2H3. The molecule has 2 unspecified atom stereocenters. The maximum absolute atomic E-state index is 2.67. The van der Waals surface area contributed by atoms with Crippen LogP contribution in [0.4, 0.5) is 0 Å². The van der Waals surface area contributed by atoms with Crippen LogP contribution in [-0.4, -0.2) is 23.0 Å². The predicted octanol–water partition coefficient (Wildman–Crippen LogP) is 1.63. The zero-order chi connectivity index (χ0) is 6.43. The molecule has 2 aliphatic heterocycles. The van der Waals surface area contributed by atoms with Crippen molar-refractivity contribution in [2.45, 2.75) is 51.2 Å². The first-order valence-electron chi connectivity index (χ1n) is 4.06. The first-order valence-corrected chi connectivity index (χ1v) is 4.06.